The number of imidazole rings is 1. The standard InChI is InChI=1S/C15H11F3N2O2/c16-15(17,18)11-5-2-6-12-13(11)20(14(22)19-12)8-9-3-1-4-10(21)7-9/h1-7,21H,8H2,(H,19,22). The molecule has 1 heterocycles. The van der Waals surface area contributed by atoms with Gasteiger partial charge < -0.3 is 10.1 Å². The zero-order valence-electron chi connectivity index (χ0n) is 11.2. The van der Waals surface area contributed by atoms with Crippen LogP contribution in [-0.2, 0) is 12.7 Å². The van der Waals surface area contributed by atoms with Crippen LogP contribution in [0.1, 0.15) is 11.1 Å². The maximum absolute atomic E-state index is 13.1. The molecular weight excluding hydrogens is 297 g/mol. The van der Waals surface area contributed by atoms with Crippen molar-refractivity contribution in [1.82, 2.24) is 9.55 Å². The van der Waals surface area contributed by atoms with Crippen molar-refractivity contribution >= 4 is 11.0 Å². The fourth-order valence-corrected chi connectivity index (χ4v) is 2.44. The highest BCUT2D eigenvalue weighted by Crippen LogP contribution is 2.34. The maximum atomic E-state index is 13.1. The number of aromatic nitrogens is 2. The SMILES string of the molecule is O=c1[nH]c2cccc(C(F)(F)F)c2n1Cc1cccc(O)c1. The van der Waals surface area contributed by atoms with Gasteiger partial charge in [-0.3, -0.25) is 4.57 Å². The first-order chi connectivity index (χ1) is 10.4. The molecule has 0 aliphatic carbocycles. The Kier molecular flexibility index (Phi) is 3.20. The Bertz CT molecular complexity index is 894. The minimum atomic E-state index is -4.56. The number of para-hydroxylation sites is 1. The molecule has 0 bridgehead atoms. The van der Waals surface area contributed by atoms with E-state index in [0.717, 1.165) is 10.6 Å². The third-order valence-corrected chi connectivity index (χ3v) is 3.35. The molecule has 7 heteroatoms. The molecule has 0 saturated carbocycles. The second-order valence-corrected chi connectivity index (χ2v) is 4.89. The van der Waals surface area contributed by atoms with Crippen LogP contribution in [0.25, 0.3) is 11.0 Å². The fraction of sp³-hybridized carbons (Fsp3) is 0.133. The van der Waals surface area contributed by atoms with E-state index in [-0.39, 0.29) is 23.3 Å². The monoisotopic (exact) mass is 308 g/mol. The van der Waals surface area contributed by atoms with Gasteiger partial charge in [0.15, 0.2) is 0 Å². The Morgan fingerprint density at radius 3 is 2.55 bits per heavy atom. The minimum Gasteiger partial charge on any atom is -0.508 e. The molecule has 0 saturated heterocycles. The molecule has 0 amide bonds. The summed E-state index contributed by atoms with van der Waals surface area (Å²) in [6.45, 7) is -0.0691. The number of nitrogens with zero attached hydrogens (tertiary/aromatic N) is 1. The van der Waals surface area contributed by atoms with E-state index in [1.165, 1.54) is 24.3 Å². The number of aromatic amines is 1. The second-order valence-electron chi connectivity index (χ2n) is 4.89. The number of aromatic hydroxyl groups is 1. The summed E-state index contributed by atoms with van der Waals surface area (Å²) in [4.78, 5) is 14.4. The number of phenols is 1. The third kappa shape index (κ3) is 2.45. The molecule has 114 valence electrons. The van der Waals surface area contributed by atoms with E-state index in [0.29, 0.717) is 5.56 Å². The molecule has 0 spiro atoms. The molecule has 2 aromatic carbocycles. The topological polar surface area (TPSA) is 58.0 Å². The van der Waals surface area contributed by atoms with E-state index >= 15 is 0 Å². The molecule has 1 aromatic heterocycles. The number of halogens is 3. The lowest BCUT2D eigenvalue weighted by Crippen LogP contribution is -2.19. The van der Waals surface area contributed by atoms with Crippen molar-refractivity contribution in [3.05, 3.63) is 64.1 Å². The van der Waals surface area contributed by atoms with Gasteiger partial charge in [-0.2, -0.15) is 13.2 Å². The lowest BCUT2D eigenvalue weighted by molar-refractivity contribution is -0.136. The molecular formula is C15H11F3N2O2. The van der Waals surface area contributed by atoms with Gasteiger partial charge in [0.05, 0.1) is 23.1 Å². The number of benzene rings is 2. The van der Waals surface area contributed by atoms with Gasteiger partial charge in [0.1, 0.15) is 5.75 Å². The van der Waals surface area contributed by atoms with Crippen LogP contribution in [0.15, 0.2) is 47.3 Å². The first kappa shape index (κ1) is 14.2. The van der Waals surface area contributed by atoms with E-state index < -0.39 is 17.4 Å². The van der Waals surface area contributed by atoms with Crippen molar-refractivity contribution in [2.24, 2.45) is 0 Å². The lowest BCUT2D eigenvalue weighted by Gasteiger charge is -2.11. The number of rotatable bonds is 2. The van der Waals surface area contributed by atoms with Crippen LogP contribution in [0, 0.1) is 0 Å². The van der Waals surface area contributed by atoms with Crippen LogP contribution in [0.5, 0.6) is 5.75 Å². The molecule has 4 nitrogen and oxygen atoms in total. The summed E-state index contributed by atoms with van der Waals surface area (Å²) in [6.07, 6.45) is -4.56. The van der Waals surface area contributed by atoms with Crippen molar-refractivity contribution in [1.29, 1.82) is 0 Å². The highest BCUT2D eigenvalue weighted by Gasteiger charge is 2.34. The summed E-state index contributed by atoms with van der Waals surface area (Å²) in [5, 5.41) is 9.43. The largest absolute Gasteiger partial charge is 0.508 e. The summed E-state index contributed by atoms with van der Waals surface area (Å²) in [5.41, 5.74) is -1.04. The molecule has 0 radical (unpaired) electrons. The van der Waals surface area contributed by atoms with Gasteiger partial charge >= 0.3 is 11.9 Å². The molecule has 3 aromatic rings. The normalized spacial score (nSPS) is 12.0. The molecule has 3 rings (SSSR count). The second kappa shape index (κ2) is 4.94. The molecule has 2 N–H and O–H groups in total. The van der Waals surface area contributed by atoms with Crippen molar-refractivity contribution in [3.63, 3.8) is 0 Å². The highest BCUT2D eigenvalue weighted by atomic mass is 19.4. The fourth-order valence-electron chi connectivity index (χ4n) is 2.44. The predicted octanol–water partition coefficient (Wildman–Crippen LogP) is 3.10. The third-order valence-electron chi connectivity index (χ3n) is 3.35. The number of nitrogens with one attached hydrogen (secondary N) is 1. The Morgan fingerprint density at radius 2 is 1.86 bits per heavy atom. The number of hydrogen-bond acceptors (Lipinski definition) is 2. The molecule has 22 heavy (non-hydrogen) atoms. The Morgan fingerprint density at radius 1 is 1.14 bits per heavy atom. The van der Waals surface area contributed by atoms with Crippen LogP contribution in [0.4, 0.5) is 13.2 Å². The summed E-state index contributed by atoms with van der Waals surface area (Å²) in [5.74, 6) is -0.0126. The van der Waals surface area contributed by atoms with Crippen molar-refractivity contribution < 1.29 is 18.3 Å². The van der Waals surface area contributed by atoms with E-state index in [2.05, 4.69) is 4.98 Å². The Labute approximate surface area is 122 Å². The van der Waals surface area contributed by atoms with Crippen LogP contribution in [0.2, 0.25) is 0 Å². The van der Waals surface area contributed by atoms with Gasteiger partial charge in [-0.05, 0) is 29.8 Å². The highest BCUT2D eigenvalue weighted by molar-refractivity contribution is 5.79. The first-order valence-electron chi connectivity index (χ1n) is 6.43. The number of fused-ring (bicyclic) bond motifs is 1. The average Bonchev–Trinajstić information content (AvgIpc) is 2.74. The molecule has 0 fully saturated rings. The molecule has 0 unspecified atom stereocenters. The summed E-state index contributed by atoms with van der Waals surface area (Å²) < 4.78 is 40.4. The number of alkyl halides is 3. The summed E-state index contributed by atoms with van der Waals surface area (Å²) >= 11 is 0. The Balaban J connectivity index is 2.21. The quantitative estimate of drug-likeness (QED) is 0.764. The van der Waals surface area contributed by atoms with E-state index in [1.54, 1.807) is 12.1 Å². The van der Waals surface area contributed by atoms with E-state index in [9.17, 15) is 23.1 Å². The predicted molar refractivity (Wildman–Crippen MR) is 74.8 cm³/mol. The van der Waals surface area contributed by atoms with Crippen LogP contribution in [-0.4, -0.2) is 14.7 Å². The van der Waals surface area contributed by atoms with Gasteiger partial charge in [0.25, 0.3) is 0 Å². The van der Waals surface area contributed by atoms with Gasteiger partial charge in [-0.25, -0.2) is 4.79 Å². The molecule has 0 aliphatic rings. The molecule has 0 aliphatic heterocycles. The van der Waals surface area contributed by atoms with Gasteiger partial charge in [0.2, 0.25) is 0 Å². The van der Waals surface area contributed by atoms with Crippen LogP contribution in [0.3, 0.4) is 0 Å². The van der Waals surface area contributed by atoms with Crippen molar-refractivity contribution in [2.75, 3.05) is 0 Å². The zero-order chi connectivity index (χ0) is 15.9. The zero-order valence-corrected chi connectivity index (χ0v) is 11.2. The summed E-state index contributed by atoms with van der Waals surface area (Å²) in [6, 6.07) is 9.65. The van der Waals surface area contributed by atoms with Gasteiger partial charge in [-0.1, -0.05) is 18.2 Å². The van der Waals surface area contributed by atoms with Gasteiger partial charge in [-0.15, -0.1) is 0 Å². The van der Waals surface area contributed by atoms with Crippen molar-refractivity contribution in [3.8, 4) is 5.75 Å². The van der Waals surface area contributed by atoms with E-state index in [4.69, 9.17) is 0 Å². The average molecular weight is 308 g/mol. The summed E-state index contributed by atoms with van der Waals surface area (Å²) in [7, 11) is 0. The number of hydrogen-bond donors (Lipinski definition) is 2. The lowest BCUT2D eigenvalue weighted by atomic mass is 10.1. The number of H-pyrrole nitrogens is 1. The maximum Gasteiger partial charge on any atom is 0.418 e. The smallest absolute Gasteiger partial charge is 0.418 e. The minimum absolute atomic E-state index is 0.0126. The van der Waals surface area contributed by atoms with E-state index in [1.807, 2.05) is 0 Å². The number of phenolic OH excluding ortho intramolecular Hbond substituents is 1. The first-order valence-corrected chi connectivity index (χ1v) is 6.43. The van der Waals surface area contributed by atoms with Gasteiger partial charge in [0, 0.05) is 0 Å². The van der Waals surface area contributed by atoms with Crippen molar-refractivity contribution in [2.45, 2.75) is 12.7 Å². The van der Waals surface area contributed by atoms with Crippen LogP contribution < -0.4 is 5.69 Å². The molecule has 0 atom stereocenters. The van der Waals surface area contributed by atoms with Crippen LogP contribution >= 0.6 is 0 Å². The Hall–Kier alpha value is -2.70.